The summed E-state index contributed by atoms with van der Waals surface area (Å²) in [6.45, 7) is 0. The summed E-state index contributed by atoms with van der Waals surface area (Å²) in [5.74, 6) is 1.40. The van der Waals surface area contributed by atoms with E-state index in [0.29, 0.717) is 11.7 Å². The lowest BCUT2D eigenvalue weighted by molar-refractivity contribution is 0.0855. The van der Waals surface area contributed by atoms with Crippen molar-refractivity contribution in [3.8, 4) is 0 Å². The van der Waals surface area contributed by atoms with E-state index in [-0.39, 0.29) is 0 Å². The number of carbonyl (C=O) groups is 1. The second-order valence-corrected chi connectivity index (χ2v) is 9.68. The van der Waals surface area contributed by atoms with E-state index in [4.69, 9.17) is 0 Å². The van der Waals surface area contributed by atoms with E-state index in [2.05, 4.69) is 62.2 Å². The number of halogens is 2. The van der Waals surface area contributed by atoms with Crippen LogP contribution in [0.1, 0.15) is 54.4 Å². The summed E-state index contributed by atoms with van der Waals surface area (Å²) in [6.07, 6.45) is 7.43. The van der Waals surface area contributed by atoms with Crippen LogP contribution >= 0.6 is 31.9 Å². The minimum absolute atomic E-state index is 0.326. The van der Waals surface area contributed by atoms with Crippen molar-refractivity contribution in [3.63, 3.8) is 0 Å². The average molecular weight is 476 g/mol. The molecule has 4 rings (SSSR count). The summed E-state index contributed by atoms with van der Waals surface area (Å²) >= 11 is 7.10. The molecule has 0 unspecified atom stereocenters. The molecule has 2 aliphatic carbocycles. The van der Waals surface area contributed by atoms with Crippen LogP contribution in [0.4, 0.5) is 0 Å². The summed E-state index contributed by atoms with van der Waals surface area (Å²) in [7, 11) is 0. The maximum absolute atomic E-state index is 11.6. The van der Waals surface area contributed by atoms with Crippen LogP contribution < -0.4 is 0 Å². The Morgan fingerprint density at radius 3 is 1.54 bits per heavy atom. The van der Waals surface area contributed by atoms with Crippen molar-refractivity contribution in [3.05, 3.63) is 75.2 Å². The molecule has 136 valence electrons. The molecule has 0 heterocycles. The minimum Gasteiger partial charge on any atom is -0.294 e. The molecular formula is C23H24Br2O. The zero-order valence-electron chi connectivity index (χ0n) is 14.8. The number of benzene rings is 2. The third-order valence-electron chi connectivity index (χ3n) is 5.34. The highest BCUT2D eigenvalue weighted by Crippen LogP contribution is 2.43. The number of carbonyl (C=O) groups excluding carboxylic acids is 1. The highest BCUT2D eigenvalue weighted by Gasteiger charge is 2.26. The zero-order valence-corrected chi connectivity index (χ0v) is 18.0. The largest absolute Gasteiger partial charge is 0.294 e. The first-order valence-electron chi connectivity index (χ1n) is 9.36. The Morgan fingerprint density at radius 1 is 0.692 bits per heavy atom. The standard InChI is InChI=1S/C12H12Br2.C11H12O/c13-12(14)11(10-7-4-8-10)9-5-2-1-3-6-9;12-11(10-7-4-8-10)9-5-2-1-3-6-9/h1-3,5-6,10H,4,7-8H2;1-3,5-6,10H,4,7-8H2. The van der Waals surface area contributed by atoms with E-state index >= 15 is 0 Å². The molecule has 3 heteroatoms. The van der Waals surface area contributed by atoms with Crippen molar-refractivity contribution in [2.24, 2.45) is 11.8 Å². The van der Waals surface area contributed by atoms with Gasteiger partial charge in [-0.25, -0.2) is 0 Å². The molecule has 0 bridgehead atoms. The SMILES string of the molecule is BrC(Br)=C(c1ccccc1)C1CCC1.O=C(c1ccccc1)C1CCC1. The van der Waals surface area contributed by atoms with Gasteiger partial charge in [-0.2, -0.15) is 0 Å². The quantitative estimate of drug-likeness (QED) is 0.415. The molecule has 0 spiro atoms. The number of ketones is 1. The smallest absolute Gasteiger partial charge is 0.165 e. The number of rotatable bonds is 4. The van der Waals surface area contributed by atoms with Crippen LogP contribution in [0, 0.1) is 11.8 Å². The van der Waals surface area contributed by atoms with Crippen molar-refractivity contribution < 1.29 is 4.79 Å². The van der Waals surface area contributed by atoms with Gasteiger partial charge in [0, 0.05) is 11.5 Å². The molecule has 26 heavy (non-hydrogen) atoms. The maximum atomic E-state index is 11.6. The molecule has 0 aliphatic heterocycles. The van der Waals surface area contributed by atoms with Crippen LogP contribution in [0.15, 0.2) is 64.1 Å². The Morgan fingerprint density at radius 2 is 1.15 bits per heavy atom. The van der Waals surface area contributed by atoms with Crippen LogP contribution in [-0.4, -0.2) is 5.78 Å². The molecule has 2 fully saturated rings. The molecule has 0 radical (unpaired) electrons. The van der Waals surface area contributed by atoms with Crippen molar-refractivity contribution in [2.45, 2.75) is 38.5 Å². The lowest BCUT2D eigenvalue weighted by Gasteiger charge is -2.28. The van der Waals surface area contributed by atoms with E-state index in [1.165, 1.54) is 36.8 Å². The van der Waals surface area contributed by atoms with Gasteiger partial charge in [0.2, 0.25) is 0 Å². The molecule has 2 aromatic rings. The maximum Gasteiger partial charge on any atom is 0.165 e. The van der Waals surface area contributed by atoms with Gasteiger partial charge in [0.1, 0.15) is 0 Å². The van der Waals surface area contributed by atoms with Gasteiger partial charge in [0.05, 0.1) is 3.39 Å². The highest BCUT2D eigenvalue weighted by atomic mass is 79.9. The summed E-state index contributed by atoms with van der Waals surface area (Å²) in [5, 5.41) is 0. The summed E-state index contributed by atoms with van der Waals surface area (Å²) in [5.41, 5.74) is 3.64. The van der Waals surface area contributed by atoms with E-state index in [0.717, 1.165) is 27.7 Å². The van der Waals surface area contributed by atoms with Gasteiger partial charge in [-0.1, -0.05) is 73.5 Å². The molecule has 0 aromatic heterocycles. The first kappa shape index (κ1) is 19.6. The molecule has 0 N–H and O–H groups in total. The molecule has 2 saturated carbocycles. The van der Waals surface area contributed by atoms with Crippen LogP contribution in [0.5, 0.6) is 0 Å². The van der Waals surface area contributed by atoms with Crippen molar-refractivity contribution in [1.82, 2.24) is 0 Å². The fourth-order valence-electron chi connectivity index (χ4n) is 3.32. The van der Waals surface area contributed by atoms with Crippen LogP contribution in [0.2, 0.25) is 0 Å². The van der Waals surface area contributed by atoms with E-state index in [1.807, 2.05) is 30.3 Å². The average Bonchev–Trinajstić information content (AvgIpc) is 2.58. The van der Waals surface area contributed by atoms with Crippen molar-refractivity contribution >= 4 is 43.2 Å². The number of Topliss-reactive ketones (excluding diaryl/α,β-unsaturated/α-hetero) is 1. The summed E-state index contributed by atoms with van der Waals surface area (Å²) in [6, 6.07) is 20.2. The number of hydrogen-bond acceptors (Lipinski definition) is 1. The minimum atomic E-state index is 0.326. The molecule has 2 aromatic carbocycles. The normalized spacial score (nSPS) is 16.5. The molecule has 0 amide bonds. The van der Waals surface area contributed by atoms with Gasteiger partial charge >= 0.3 is 0 Å². The first-order chi connectivity index (χ1) is 12.7. The van der Waals surface area contributed by atoms with Crippen LogP contribution in [0.25, 0.3) is 5.57 Å². The zero-order chi connectivity index (χ0) is 18.4. The second kappa shape index (κ2) is 9.66. The fourth-order valence-corrected chi connectivity index (χ4v) is 4.43. The van der Waals surface area contributed by atoms with Gasteiger partial charge in [-0.3, -0.25) is 4.79 Å². The van der Waals surface area contributed by atoms with E-state index in [1.54, 1.807) is 0 Å². The Kier molecular flexibility index (Phi) is 7.27. The predicted molar refractivity (Wildman–Crippen MR) is 117 cm³/mol. The predicted octanol–water partition coefficient (Wildman–Crippen LogP) is 7.61. The van der Waals surface area contributed by atoms with Gasteiger partial charge in [0.25, 0.3) is 0 Å². The summed E-state index contributed by atoms with van der Waals surface area (Å²) < 4.78 is 1.11. The van der Waals surface area contributed by atoms with Gasteiger partial charge < -0.3 is 0 Å². The van der Waals surface area contributed by atoms with Crippen molar-refractivity contribution in [2.75, 3.05) is 0 Å². The lowest BCUT2D eigenvalue weighted by Crippen LogP contribution is -2.21. The lowest BCUT2D eigenvalue weighted by atomic mass is 9.78. The fraction of sp³-hybridized carbons (Fsp3) is 0.348. The molecule has 2 aliphatic rings. The molecule has 1 nitrogen and oxygen atoms in total. The molecule has 0 saturated heterocycles. The Hall–Kier alpha value is -1.19. The molecular weight excluding hydrogens is 452 g/mol. The second-order valence-electron chi connectivity index (χ2n) is 7.03. The van der Waals surface area contributed by atoms with E-state index in [9.17, 15) is 4.79 Å². The van der Waals surface area contributed by atoms with Crippen LogP contribution in [-0.2, 0) is 0 Å². The first-order valence-corrected chi connectivity index (χ1v) is 10.9. The topological polar surface area (TPSA) is 17.1 Å². The highest BCUT2D eigenvalue weighted by molar-refractivity contribution is 9.28. The third-order valence-corrected chi connectivity index (χ3v) is 6.19. The third kappa shape index (κ3) is 4.95. The Labute approximate surface area is 173 Å². The van der Waals surface area contributed by atoms with Gasteiger partial charge in [-0.15, -0.1) is 0 Å². The summed E-state index contributed by atoms with van der Waals surface area (Å²) in [4.78, 5) is 11.6. The monoisotopic (exact) mass is 474 g/mol. The number of hydrogen-bond donors (Lipinski definition) is 0. The van der Waals surface area contributed by atoms with Crippen LogP contribution in [0.3, 0.4) is 0 Å². The Bertz CT molecular complexity index is 740. The molecule has 0 atom stereocenters. The number of allylic oxidation sites excluding steroid dienone is 1. The van der Waals surface area contributed by atoms with E-state index < -0.39 is 0 Å². The van der Waals surface area contributed by atoms with Gasteiger partial charge in [0.15, 0.2) is 5.78 Å². The Balaban J connectivity index is 0.000000152. The van der Waals surface area contributed by atoms with Gasteiger partial charge in [-0.05, 0) is 74.6 Å². The van der Waals surface area contributed by atoms with Crippen molar-refractivity contribution in [1.29, 1.82) is 0 Å².